The van der Waals surface area contributed by atoms with Crippen LogP contribution in [0.1, 0.15) is 51.2 Å². The number of hydrogen-bond acceptors (Lipinski definition) is 5. The van der Waals surface area contributed by atoms with Gasteiger partial charge in [0.05, 0.1) is 6.04 Å². The number of anilines is 1. The molecule has 130 valence electrons. The van der Waals surface area contributed by atoms with Crippen LogP contribution in [0.3, 0.4) is 0 Å². The van der Waals surface area contributed by atoms with Crippen molar-refractivity contribution in [1.29, 1.82) is 0 Å². The minimum absolute atomic E-state index is 0.0352. The molecule has 1 unspecified atom stereocenters. The largest absolute Gasteiger partial charge is 0.331 e. The van der Waals surface area contributed by atoms with Crippen molar-refractivity contribution in [2.45, 2.75) is 52.1 Å². The normalized spacial score (nSPS) is 18.6. The fourth-order valence-electron chi connectivity index (χ4n) is 3.06. The summed E-state index contributed by atoms with van der Waals surface area (Å²) in [6.45, 7) is 6.65. The first-order valence-electron chi connectivity index (χ1n) is 8.22. The number of aromatic nitrogens is 5. The highest BCUT2D eigenvalue weighted by atomic mass is 19.3. The van der Waals surface area contributed by atoms with Crippen LogP contribution in [0.15, 0.2) is 18.6 Å². The Bertz CT molecular complexity index is 694. The lowest BCUT2D eigenvalue weighted by molar-refractivity contribution is 0.0127. The molecule has 6 nitrogen and oxygen atoms in total. The number of alkyl halides is 2. The molecule has 1 aliphatic heterocycles. The van der Waals surface area contributed by atoms with E-state index in [0.29, 0.717) is 11.9 Å². The molecule has 24 heavy (non-hydrogen) atoms. The van der Waals surface area contributed by atoms with Gasteiger partial charge < -0.3 is 9.47 Å². The first kappa shape index (κ1) is 16.7. The molecule has 0 N–H and O–H groups in total. The zero-order valence-electron chi connectivity index (χ0n) is 14.2. The van der Waals surface area contributed by atoms with Crippen LogP contribution in [-0.2, 0) is 12.5 Å². The summed E-state index contributed by atoms with van der Waals surface area (Å²) in [5, 5.41) is 8.30. The molecule has 0 radical (unpaired) electrons. The van der Waals surface area contributed by atoms with Gasteiger partial charge in [-0.25, -0.2) is 9.97 Å². The molecule has 1 aliphatic rings. The van der Waals surface area contributed by atoms with Crippen molar-refractivity contribution < 1.29 is 8.78 Å². The van der Waals surface area contributed by atoms with Gasteiger partial charge in [0.2, 0.25) is 5.95 Å². The Labute approximate surface area is 139 Å². The van der Waals surface area contributed by atoms with Crippen LogP contribution in [-0.4, -0.2) is 31.3 Å². The summed E-state index contributed by atoms with van der Waals surface area (Å²) < 4.78 is 29.2. The molecule has 2 aromatic rings. The number of halogens is 2. The standard InChI is InChI=1S/C16H22F2N6/c1-11(2)9-23-10-20-22-14(23)12-5-4-8-24(12)15-19-7-6-13(21-15)16(3,17)18/h6-7,10-12H,4-5,8-9H2,1-3H3. The smallest absolute Gasteiger partial charge is 0.287 e. The van der Waals surface area contributed by atoms with Gasteiger partial charge in [0.25, 0.3) is 5.92 Å². The summed E-state index contributed by atoms with van der Waals surface area (Å²) in [6, 6.07) is 1.22. The van der Waals surface area contributed by atoms with Crippen LogP contribution in [0, 0.1) is 5.92 Å². The van der Waals surface area contributed by atoms with E-state index in [0.717, 1.165) is 38.7 Å². The molecule has 1 saturated heterocycles. The maximum absolute atomic E-state index is 13.6. The molecule has 1 atom stereocenters. The van der Waals surface area contributed by atoms with Crippen molar-refractivity contribution in [2.24, 2.45) is 5.92 Å². The molecule has 2 aromatic heterocycles. The minimum atomic E-state index is -2.98. The van der Waals surface area contributed by atoms with Crippen molar-refractivity contribution in [3.05, 3.63) is 30.1 Å². The molecule has 0 aromatic carbocycles. The van der Waals surface area contributed by atoms with Crippen LogP contribution in [0.2, 0.25) is 0 Å². The topological polar surface area (TPSA) is 59.7 Å². The summed E-state index contributed by atoms with van der Waals surface area (Å²) in [7, 11) is 0. The predicted molar refractivity (Wildman–Crippen MR) is 85.8 cm³/mol. The summed E-state index contributed by atoms with van der Waals surface area (Å²) in [5.74, 6) is -1.34. The zero-order chi connectivity index (χ0) is 17.3. The SMILES string of the molecule is CC(C)Cn1cnnc1C1CCCN1c1nccc(C(C)(F)F)n1. The van der Waals surface area contributed by atoms with Gasteiger partial charge in [-0.3, -0.25) is 0 Å². The third-order valence-electron chi connectivity index (χ3n) is 4.11. The third kappa shape index (κ3) is 3.37. The number of rotatable bonds is 5. The van der Waals surface area contributed by atoms with E-state index in [1.807, 2.05) is 9.47 Å². The van der Waals surface area contributed by atoms with E-state index >= 15 is 0 Å². The fourth-order valence-corrected chi connectivity index (χ4v) is 3.06. The summed E-state index contributed by atoms with van der Waals surface area (Å²) in [5.41, 5.74) is -0.262. The van der Waals surface area contributed by atoms with Crippen molar-refractivity contribution >= 4 is 5.95 Å². The Morgan fingerprint density at radius 2 is 2.17 bits per heavy atom. The van der Waals surface area contributed by atoms with E-state index in [-0.39, 0.29) is 11.7 Å². The molecule has 8 heteroatoms. The van der Waals surface area contributed by atoms with E-state index in [9.17, 15) is 8.78 Å². The van der Waals surface area contributed by atoms with Crippen LogP contribution < -0.4 is 4.90 Å². The first-order chi connectivity index (χ1) is 11.4. The van der Waals surface area contributed by atoms with Gasteiger partial charge in [-0.15, -0.1) is 10.2 Å². The molecule has 0 bridgehead atoms. The third-order valence-corrected chi connectivity index (χ3v) is 4.11. The molecule has 0 amide bonds. The molecular formula is C16H22F2N6. The van der Waals surface area contributed by atoms with Gasteiger partial charge in [-0.05, 0) is 24.8 Å². The lowest BCUT2D eigenvalue weighted by Crippen LogP contribution is -2.28. The van der Waals surface area contributed by atoms with E-state index in [4.69, 9.17) is 0 Å². The first-order valence-corrected chi connectivity index (χ1v) is 8.22. The summed E-state index contributed by atoms with van der Waals surface area (Å²) in [4.78, 5) is 10.2. The fraction of sp³-hybridized carbons (Fsp3) is 0.625. The van der Waals surface area contributed by atoms with E-state index in [1.165, 1.54) is 12.3 Å². The second kappa shape index (κ2) is 6.41. The lowest BCUT2D eigenvalue weighted by Gasteiger charge is -2.25. The molecule has 0 spiro atoms. The lowest BCUT2D eigenvalue weighted by atomic mass is 10.2. The predicted octanol–water partition coefficient (Wildman–Crippen LogP) is 3.18. The van der Waals surface area contributed by atoms with Gasteiger partial charge in [0, 0.05) is 26.2 Å². The van der Waals surface area contributed by atoms with Crippen molar-refractivity contribution in [3.63, 3.8) is 0 Å². The second-order valence-electron chi connectivity index (χ2n) is 6.72. The van der Waals surface area contributed by atoms with Gasteiger partial charge in [0.1, 0.15) is 12.0 Å². The Morgan fingerprint density at radius 3 is 2.88 bits per heavy atom. The van der Waals surface area contributed by atoms with Crippen LogP contribution in [0.5, 0.6) is 0 Å². The maximum atomic E-state index is 13.6. The second-order valence-corrected chi connectivity index (χ2v) is 6.72. The molecule has 3 heterocycles. The van der Waals surface area contributed by atoms with Crippen molar-refractivity contribution in [3.8, 4) is 0 Å². The quantitative estimate of drug-likeness (QED) is 0.839. The van der Waals surface area contributed by atoms with E-state index in [2.05, 4.69) is 34.0 Å². The van der Waals surface area contributed by atoms with E-state index < -0.39 is 5.92 Å². The molecule has 3 rings (SSSR count). The average molecular weight is 336 g/mol. The molecular weight excluding hydrogens is 314 g/mol. The molecule has 0 saturated carbocycles. The van der Waals surface area contributed by atoms with Crippen LogP contribution in [0.4, 0.5) is 14.7 Å². The van der Waals surface area contributed by atoms with Gasteiger partial charge in [0.15, 0.2) is 5.82 Å². The van der Waals surface area contributed by atoms with Gasteiger partial charge in [-0.1, -0.05) is 13.8 Å². The summed E-state index contributed by atoms with van der Waals surface area (Å²) >= 11 is 0. The van der Waals surface area contributed by atoms with Crippen molar-refractivity contribution in [1.82, 2.24) is 24.7 Å². The number of nitrogens with zero attached hydrogens (tertiary/aromatic N) is 6. The highest BCUT2D eigenvalue weighted by Crippen LogP contribution is 2.34. The Hall–Kier alpha value is -2.12. The zero-order valence-corrected chi connectivity index (χ0v) is 14.2. The monoisotopic (exact) mass is 336 g/mol. The maximum Gasteiger partial charge on any atom is 0.287 e. The van der Waals surface area contributed by atoms with Crippen molar-refractivity contribution in [2.75, 3.05) is 11.4 Å². The van der Waals surface area contributed by atoms with Gasteiger partial charge >= 0.3 is 0 Å². The Kier molecular flexibility index (Phi) is 4.47. The Balaban J connectivity index is 1.91. The highest BCUT2D eigenvalue weighted by molar-refractivity contribution is 5.36. The summed E-state index contributed by atoms with van der Waals surface area (Å²) in [6.07, 6.45) is 4.94. The molecule has 1 fully saturated rings. The molecule has 0 aliphatic carbocycles. The van der Waals surface area contributed by atoms with Crippen LogP contribution >= 0.6 is 0 Å². The minimum Gasteiger partial charge on any atom is -0.331 e. The Morgan fingerprint density at radius 1 is 1.38 bits per heavy atom. The number of hydrogen-bond donors (Lipinski definition) is 0. The van der Waals surface area contributed by atoms with Crippen LogP contribution in [0.25, 0.3) is 0 Å². The van der Waals surface area contributed by atoms with E-state index in [1.54, 1.807) is 6.33 Å². The average Bonchev–Trinajstić information content (AvgIpc) is 3.14. The highest BCUT2D eigenvalue weighted by Gasteiger charge is 2.33. The van der Waals surface area contributed by atoms with Gasteiger partial charge in [-0.2, -0.15) is 8.78 Å².